The highest BCUT2D eigenvalue weighted by Crippen LogP contribution is 2.34. The van der Waals surface area contributed by atoms with Crippen molar-refractivity contribution >= 4 is 22.5 Å². The van der Waals surface area contributed by atoms with Crippen molar-refractivity contribution in [3.05, 3.63) is 62.4 Å². The molecule has 0 fully saturated rings. The van der Waals surface area contributed by atoms with E-state index in [-0.39, 0.29) is 11.2 Å². The Morgan fingerprint density at radius 2 is 2.04 bits per heavy atom. The van der Waals surface area contributed by atoms with Crippen LogP contribution in [0, 0.1) is 17.0 Å². The normalized spacial score (nSPS) is 13.3. The van der Waals surface area contributed by atoms with Crippen LogP contribution >= 0.6 is 0 Å². The van der Waals surface area contributed by atoms with Gasteiger partial charge in [0.25, 0.3) is 11.2 Å². The monoisotopic (exact) mass is 336 g/mol. The summed E-state index contributed by atoms with van der Waals surface area (Å²) in [5.74, 6) is 0.521. The number of fused-ring (bicyclic) bond motifs is 2. The summed E-state index contributed by atoms with van der Waals surface area (Å²) in [7, 11) is 0. The van der Waals surface area contributed by atoms with E-state index in [2.05, 4.69) is 10.3 Å². The lowest BCUT2D eigenvalue weighted by Gasteiger charge is -2.20. The first-order valence-electron chi connectivity index (χ1n) is 8.09. The minimum absolute atomic E-state index is 0.00184. The minimum atomic E-state index is -0.410. The van der Waals surface area contributed by atoms with Crippen LogP contribution in [-0.4, -0.2) is 21.0 Å². The van der Waals surface area contributed by atoms with Gasteiger partial charge in [-0.05, 0) is 37.1 Å². The molecular weight excluding hydrogens is 320 g/mol. The Morgan fingerprint density at radius 3 is 2.84 bits per heavy atom. The van der Waals surface area contributed by atoms with Crippen molar-refractivity contribution < 1.29 is 4.92 Å². The topological polar surface area (TPSA) is 90.1 Å². The smallest absolute Gasteiger partial charge is 0.277 e. The molecule has 4 rings (SSSR count). The Hall–Kier alpha value is -3.22. The summed E-state index contributed by atoms with van der Waals surface area (Å²) in [6.07, 6.45) is 0.864. The van der Waals surface area contributed by atoms with E-state index in [4.69, 9.17) is 0 Å². The van der Waals surface area contributed by atoms with Gasteiger partial charge in [-0.15, -0.1) is 0 Å². The standard InChI is InChI=1S/C18H16N4O3/c1-11-9-13(12-5-2-3-6-15(12)22(24)25)16-14(10-11)17(23)21-8-4-7-19-18(21)20-16/h2-3,5-6,9-10H,4,7-8H2,1H3,(H,19,20). The molecule has 2 heterocycles. The summed E-state index contributed by atoms with van der Waals surface area (Å²) in [5.41, 5.74) is 2.32. The molecule has 2 aromatic carbocycles. The number of aryl methyl sites for hydroxylation is 1. The number of hydrogen-bond acceptors (Lipinski definition) is 5. The van der Waals surface area contributed by atoms with Gasteiger partial charge in [0.15, 0.2) is 0 Å². The van der Waals surface area contributed by atoms with E-state index in [1.165, 1.54) is 6.07 Å². The number of hydrogen-bond donors (Lipinski definition) is 1. The lowest BCUT2D eigenvalue weighted by atomic mass is 9.98. The molecule has 0 saturated heterocycles. The van der Waals surface area contributed by atoms with Gasteiger partial charge in [0.2, 0.25) is 5.95 Å². The third-order valence-electron chi connectivity index (χ3n) is 4.44. The van der Waals surface area contributed by atoms with E-state index in [9.17, 15) is 14.9 Å². The molecular formula is C18H16N4O3. The molecule has 0 amide bonds. The molecule has 0 radical (unpaired) electrons. The van der Waals surface area contributed by atoms with Crippen LogP contribution in [0.2, 0.25) is 0 Å². The second-order valence-electron chi connectivity index (χ2n) is 6.16. The number of rotatable bonds is 2. The highest BCUT2D eigenvalue weighted by atomic mass is 16.6. The van der Waals surface area contributed by atoms with Gasteiger partial charge in [-0.25, -0.2) is 4.98 Å². The molecule has 126 valence electrons. The molecule has 0 aliphatic carbocycles. The number of nitrogens with one attached hydrogen (secondary N) is 1. The molecule has 1 aliphatic rings. The van der Waals surface area contributed by atoms with Crippen LogP contribution in [0.5, 0.6) is 0 Å². The summed E-state index contributed by atoms with van der Waals surface area (Å²) in [5, 5.41) is 15.1. The van der Waals surface area contributed by atoms with Gasteiger partial charge in [-0.2, -0.15) is 0 Å². The van der Waals surface area contributed by atoms with E-state index >= 15 is 0 Å². The van der Waals surface area contributed by atoms with Crippen molar-refractivity contribution in [1.82, 2.24) is 9.55 Å². The Morgan fingerprint density at radius 1 is 1.24 bits per heavy atom. The molecule has 0 saturated carbocycles. The number of nitrogens with zero attached hydrogens (tertiary/aromatic N) is 3. The predicted molar refractivity (Wildman–Crippen MR) is 95.9 cm³/mol. The molecule has 3 aromatic rings. The number of aromatic nitrogens is 2. The fourth-order valence-corrected chi connectivity index (χ4v) is 3.32. The second-order valence-corrected chi connectivity index (χ2v) is 6.16. The van der Waals surface area contributed by atoms with Gasteiger partial charge in [-0.3, -0.25) is 19.5 Å². The van der Waals surface area contributed by atoms with Gasteiger partial charge in [-0.1, -0.05) is 12.1 Å². The van der Waals surface area contributed by atoms with E-state index in [1.54, 1.807) is 28.8 Å². The molecule has 1 aliphatic heterocycles. The average molecular weight is 336 g/mol. The van der Waals surface area contributed by atoms with Gasteiger partial charge in [0.05, 0.1) is 21.4 Å². The second kappa shape index (κ2) is 5.70. The molecule has 0 atom stereocenters. The first-order valence-corrected chi connectivity index (χ1v) is 8.09. The summed E-state index contributed by atoms with van der Waals surface area (Å²) in [6.45, 7) is 3.25. The summed E-state index contributed by atoms with van der Waals surface area (Å²) in [4.78, 5) is 28.5. The third kappa shape index (κ3) is 2.44. The first kappa shape index (κ1) is 15.3. The molecule has 0 spiro atoms. The average Bonchev–Trinajstić information content (AvgIpc) is 2.62. The zero-order valence-electron chi connectivity index (χ0n) is 13.7. The number of benzene rings is 2. The maximum absolute atomic E-state index is 12.9. The highest BCUT2D eigenvalue weighted by molar-refractivity contribution is 5.96. The quantitative estimate of drug-likeness (QED) is 0.574. The van der Waals surface area contributed by atoms with E-state index < -0.39 is 4.92 Å². The lowest BCUT2D eigenvalue weighted by molar-refractivity contribution is -0.384. The summed E-state index contributed by atoms with van der Waals surface area (Å²) in [6, 6.07) is 10.2. The van der Waals surface area contributed by atoms with Gasteiger partial charge in [0, 0.05) is 24.7 Å². The number of nitro groups is 1. The fraction of sp³-hybridized carbons (Fsp3) is 0.222. The van der Waals surface area contributed by atoms with Gasteiger partial charge < -0.3 is 5.32 Å². The van der Waals surface area contributed by atoms with Gasteiger partial charge in [0.1, 0.15) is 0 Å². The Balaban J connectivity index is 2.11. The van der Waals surface area contributed by atoms with Crippen molar-refractivity contribution in [2.75, 3.05) is 11.9 Å². The molecule has 1 aromatic heterocycles. The molecule has 25 heavy (non-hydrogen) atoms. The van der Waals surface area contributed by atoms with Crippen LogP contribution in [-0.2, 0) is 6.54 Å². The van der Waals surface area contributed by atoms with E-state index in [0.29, 0.717) is 34.5 Å². The van der Waals surface area contributed by atoms with Crippen LogP contribution in [0.1, 0.15) is 12.0 Å². The fourth-order valence-electron chi connectivity index (χ4n) is 3.32. The lowest BCUT2D eigenvalue weighted by Crippen LogP contribution is -2.30. The van der Waals surface area contributed by atoms with Crippen molar-refractivity contribution in [2.45, 2.75) is 19.9 Å². The number of para-hydroxylation sites is 1. The van der Waals surface area contributed by atoms with Crippen LogP contribution in [0.15, 0.2) is 41.2 Å². The van der Waals surface area contributed by atoms with Crippen LogP contribution in [0.3, 0.4) is 0 Å². The van der Waals surface area contributed by atoms with Gasteiger partial charge >= 0.3 is 0 Å². The van der Waals surface area contributed by atoms with Crippen LogP contribution < -0.4 is 10.9 Å². The molecule has 7 heteroatoms. The molecule has 0 unspecified atom stereocenters. The van der Waals surface area contributed by atoms with Crippen molar-refractivity contribution in [3.63, 3.8) is 0 Å². The van der Waals surface area contributed by atoms with E-state index in [0.717, 1.165) is 18.5 Å². The molecule has 1 N–H and O–H groups in total. The number of nitro benzene ring substituents is 1. The Bertz CT molecular complexity index is 1070. The van der Waals surface area contributed by atoms with Crippen LogP contribution in [0.4, 0.5) is 11.6 Å². The Labute approximate surface area is 143 Å². The SMILES string of the molecule is Cc1cc(-c2ccccc2[N+](=O)[O-])c2nc3n(c(=O)c2c1)CCCN3. The minimum Gasteiger partial charge on any atom is -0.355 e. The summed E-state index contributed by atoms with van der Waals surface area (Å²) >= 11 is 0. The predicted octanol–water partition coefficient (Wildman–Crippen LogP) is 3.10. The highest BCUT2D eigenvalue weighted by Gasteiger charge is 2.21. The Kier molecular flexibility index (Phi) is 3.49. The van der Waals surface area contributed by atoms with Crippen molar-refractivity contribution in [3.8, 4) is 11.1 Å². The largest absolute Gasteiger partial charge is 0.355 e. The van der Waals surface area contributed by atoms with Crippen molar-refractivity contribution in [1.29, 1.82) is 0 Å². The first-order chi connectivity index (χ1) is 12.1. The molecule has 0 bridgehead atoms. The summed E-state index contributed by atoms with van der Waals surface area (Å²) < 4.78 is 1.63. The molecule has 7 nitrogen and oxygen atoms in total. The zero-order valence-corrected chi connectivity index (χ0v) is 13.7. The zero-order chi connectivity index (χ0) is 17.6. The van der Waals surface area contributed by atoms with Crippen LogP contribution in [0.25, 0.3) is 22.0 Å². The third-order valence-corrected chi connectivity index (χ3v) is 4.44. The van der Waals surface area contributed by atoms with Crippen molar-refractivity contribution in [2.24, 2.45) is 0 Å². The maximum Gasteiger partial charge on any atom is 0.277 e. The number of anilines is 1. The van der Waals surface area contributed by atoms with E-state index in [1.807, 2.05) is 13.0 Å². The maximum atomic E-state index is 12.9.